The van der Waals surface area contributed by atoms with E-state index in [1.54, 1.807) is 6.92 Å². The molecule has 27 heavy (non-hydrogen) atoms. The van der Waals surface area contributed by atoms with Gasteiger partial charge >= 0.3 is 0 Å². The average Bonchev–Trinajstić information content (AvgIpc) is 3.08. The van der Waals surface area contributed by atoms with Crippen LogP contribution in [0.5, 0.6) is 0 Å². The molecule has 0 bridgehead atoms. The van der Waals surface area contributed by atoms with Crippen LogP contribution in [0, 0.1) is 11.8 Å². The van der Waals surface area contributed by atoms with Crippen LogP contribution >= 0.6 is 11.6 Å². The lowest BCUT2D eigenvalue weighted by molar-refractivity contribution is 0.200. The predicted octanol–water partition coefficient (Wildman–Crippen LogP) is 5.34. The molecule has 132 valence electrons. The van der Waals surface area contributed by atoms with Crippen LogP contribution in [0.4, 0.5) is 0 Å². The van der Waals surface area contributed by atoms with E-state index < -0.39 is 6.10 Å². The lowest BCUT2D eigenvalue weighted by Crippen LogP contribution is -1.94. The fourth-order valence-corrected chi connectivity index (χ4v) is 3.25. The van der Waals surface area contributed by atoms with E-state index in [1.807, 2.05) is 66.7 Å². The summed E-state index contributed by atoms with van der Waals surface area (Å²) < 4.78 is 0. The summed E-state index contributed by atoms with van der Waals surface area (Å²) in [6, 6.07) is 21.3. The molecule has 2 N–H and O–H groups in total. The molecule has 0 saturated carbocycles. The van der Waals surface area contributed by atoms with E-state index in [2.05, 4.69) is 21.8 Å². The summed E-state index contributed by atoms with van der Waals surface area (Å²) in [6.07, 6.45) is -0.530. The minimum absolute atomic E-state index is 0.530. The number of rotatable bonds is 2. The number of imidazole rings is 1. The third-order valence-electron chi connectivity index (χ3n) is 4.35. The Labute approximate surface area is 162 Å². The Balaban J connectivity index is 1.71. The Morgan fingerprint density at radius 1 is 1.00 bits per heavy atom. The normalized spacial score (nSPS) is 11.8. The maximum absolute atomic E-state index is 10.0. The molecule has 4 heteroatoms. The van der Waals surface area contributed by atoms with Crippen LogP contribution in [0.25, 0.3) is 22.2 Å². The monoisotopic (exact) mass is 372 g/mol. The zero-order valence-corrected chi connectivity index (χ0v) is 15.5. The summed E-state index contributed by atoms with van der Waals surface area (Å²) in [5.74, 6) is 6.73. The Hall–Kier alpha value is -3.06. The summed E-state index contributed by atoms with van der Waals surface area (Å²) >= 11 is 5.99. The molecule has 4 rings (SSSR count). The Morgan fingerprint density at radius 2 is 1.85 bits per heavy atom. The second-order valence-corrected chi connectivity index (χ2v) is 6.78. The first-order valence-corrected chi connectivity index (χ1v) is 9.03. The highest BCUT2D eigenvalue weighted by Crippen LogP contribution is 2.29. The van der Waals surface area contributed by atoms with E-state index >= 15 is 0 Å². The van der Waals surface area contributed by atoms with Gasteiger partial charge in [0.25, 0.3) is 0 Å². The van der Waals surface area contributed by atoms with E-state index in [-0.39, 0.29) is 0 Å². The number of nitrogens with one attached hydrogen (secondary N) is 1. The summed E-state index contributed by atoms with van der Waals surface area (Å²) in [5, 5.41) is 10.7. The van der Waals surface area contributed by atoms with Gasteiger partial charge in [-0.15, -0.1) is 0 Å². The summed E-state index contributed by atoms with van der Waals surface area (Å²) in [6.45, 7) is 1.77. The summed E-state index contributed by atoms with van der Waals surface area (Å²) in [7, 11) is 0. The van der Waals surface area contributed by atoms with Crippen LogP contribution in [0.3, 0.4) is 0 Å². The third-order valence-corrected chi connectivity index (χ3v) is 4.59. The molecular formula is C23H17ClN2O. The van der Waals surface area contributed by atoms with Crippen molar-refractivity contribution in [3.8, 4) is 23.0 Å². The van der Waals surface area contributed by atoms with Crippen molar-refractivity contribution in [1.82, 2.24) is 9.97 Å². The lowest BCUT2D eigenvalue weighted by Gasteiger charge is -2.11. The highest BCUT2D eigenvalue weighted by Gasteiger charge is 2.10. The zero-order chi connectivity index (χ0) is 18.8. The number of aliphatic hydroxyl groups excluding tert-OH is 1. The van der Waals surface area contributed by atoms with Gasteiger partial charge in [0.05, 0.1) is 17.1 Å². The largest absolute Gasteiger partial charge is 0.389 e. The van der Waals surface area contributed by atoms with Gasteiger partial charge in [-0.3, -0.25) is 0 Å². The van der Waals surface area contributed by atoms with Crippen LogP contribution in [0.1, 0.15) is 30.0 Å². The van der Waals surface area contributed by atoms with Crippen molar-refractivity contribution in [2.45, 2.75) is 13.0 Å². The predicted molar refractivity (Wildman–Crippen MR) is 110 cm³/mol. The Morgan fingerprint density at radius 3 is 2.67 bits per heavy atom. The molecule has 0 aliphatic heterocycles. The standard InChI is InChI=1S/C23H17ClN2O/c1-15(27)19-7-2-3-8-20(19)17-10-11-21-22(14-17)26-23(25-21)12-9-16-5-4-6-18(24)13-16/h2-8,10-11,13-15,27H,1H3,(H,25,26). The second kappa shape index (κ2) is 7.28. The van der Waals surface area contributed by atoms with Gasteiger partial charge in [0, 0.05) is 10.6 Å². The molecule has 0 radical (unpaired) electrons. The maximum Gasteiger partial charge on any atom is 0.184 e. The topological polar surface area (TPSA) is 48.9 Å². The van der Waals surface area contributed by atoms with Gasteiger partial charge in [-0.1, -0.05) is 53.9 Å². The zero-order valence-electron chi connectivity index (χ0n) is 14.7. The van der Waals surface area contributed by atoms with Crippen LogP contribution in [-0.4, -0.2) is 15.1 Å². The summed E-state index contributed by atoms with van der Waals surface area (Å²) in [4.78, 5) is 7.79. The SMILES string of the molecule is CC(O)c1ccccc1-c1ccc2nc(C#Cc3cccc(Cl)c3)[nH]c2c1. The molecule has 1 aromatic heterocycles. The van der Waals surface area contributed by atoms with Gasteiger partial charge in [-0.2, -0.15) is 0 Å². The van der Waals surface area contributed by atoms with Crippen molar-refractivity contribution in [2.75, 3.05) is 0 Å². The first kappa shape index (κ1) is 17.4. The fraction of sp³-hybridized carbons (Fsp3) is 0.0870. The van der Waals surface area contributed by atoms with Crippen molar-refractivity contribution in [3.05, 3.63) is 88.7 Å². The van der Waals surface area contributed by atoms with Gasteiger partial charge in [-0.05, 0) is 59.9 Å². The average molecular weight is 373 g/mol. The molecule has 1 atom stereocenters. The number of nitrogens with zero attached hydrogens (tertiary/aromatic N) is 1. The minimum Gasteiger partial charge on any atom is -0.389 e. The molecule has 4 aromatic rings. The van der Waals surface area contributed by atoms with E-state index in [4.69, 9.17) is 11.6 Å². The highest BCUT2D eigenvalue weighted by molar-refractivity contribution is 6.30. The van der Waals surface area contributed by atoms with Crippen LogP contribution < -0.4 is 0 Å². The van der Waals surface area contributed by atoms with Crippen LogP contribution in [0.15, 0.2) is 66.7 Å². The lowest BCUT2D eigenvalue weighted by atomic mass is 9.96. The molecule has 0 saturated heterocycles. The number of benzene rings is 3. The van der Waals surface area contributed by atoms with Crippen LogP contribution in [0.2, 0.25) is 5.02 Å². The van der Waals surface area contributed by atoms with Crippen molar-refractivity contribution < 1.29 is 5.11 Å². The first-order valence-electron chi connectivity index (χ1n) is 8.65. The van der Waals surface area contributed by atoms with Gasteiger partial charge in [0.15, 0.2) is 5.82 Å². The molecule has 0 spiro atoms. The smallest absolute Gasteiger partial charge is 0.184 e. The first-order chi connectivity index (χ1) is 13.1. The van der Waals surface area contributed by atoms with E-state index in [0.717, 1.165) is 33.3 Å². The van der Waals surface area contributed by atoms with Crippen LogP contribution in [-0.2, 0) is 0 Å². The van der Waals surface area contributed by atoms with Crippen molar-refractivity contribution in [1.29, 1.82) is 0 Å². The Kier molecular flexibility index (Phi) is 4.68. The number of hydrogen-bond acceptors (Lipinski definition) is 2. The number of aromatic amines is 1. The maximum atomic E-state index is 10.0. The molecule has 1 unspecified atom stereocenters. The molecule has 0 amide bonds. The highest BCUT2D eigenvalue weighted by atomic mass is 35.5. The minimum atomic E-state index is -0.530. The van der Waals surface area contributed by atoms with Gasteiger partial charge in [0.2, 0.25) is 0 Å². The van der Waals surface area contributed by atoms with E-state index in [0.29, 0.717) is 10.8 Å². The number of aromatic nitrogens is 2. The van der Waals surface area contributed by atoms with Crippen molar-refractivity contribution in [3.63, 3.8) is 0 Å². The van der Waals surface area contributed by atoms with E-state index in [9.17, 15) is 5.11 Å². The summed E-state index contributed by atoms with van der Waals surface area (Å²) in [5.41, 5.74) is 5.53. The Bertz CT molecular complexity index is 1180. The number of fused-ring (bicyclic) bond motifs is 1. The molecule has 0 aliphatic carbocycles. The molecule has 0 fully saturated rings. The number of aliphatic hydroxyl groups is 1. The molecule has 3 aromatic carbocycles. The molecule has 3 nitrogen and oxygen atoms in total. The molecule has 0 aliphatic rings. The second-order valence-electron chi connectivity index (χ2n) is 6.34. The van der Waals surface area contributed by atoms with Crippen molar-refractivity contribution >= 4 is 22.6 Å². The third kappa shape index (κ3) is 3.73. The fourth-order valence-electron chi connectivity index (χ4n) is 3.06. The number of halogens is 1. The van der Waals surface area contributed by atoms with Gasteiger partial charge in [-0.25, -0.2) is 4.98 Å². The van der Waals surface area contributed by atoms with Gasteiger partial charge in [0.1, 0.15) is 0 Å². The molecule has 1 heterocycles. The number of hydrogen-bond donors (Lipinski definition) is 2. The quantitative estimate of drug-likeness (QED) is 0.467. The van der Waals surface area contributed by atoms with Gasteiger partial charge < -0.3 is 10.1 Å². The number of H-pyrrole nitrogens is 1. The van der Waals surface area contributed by atoms with Crippen molar-refractivity contribution in [2.24, 2.45) is 0 Å². The van der Waals surface area contributed by atoms with E-state index in [1.165, 1.54) is 0 Å². The molecular weight excluding hydrogens is 356 g/mol.